The third kappa shape index (κ3) is 3.62. The van der Waals surface area contributed by atoms with Crippen LogP contribution in [0.5, 0.6) is 0 Å². The predicted molar refractivity (Wildman–Crippen MR) is 75.1 cm³/mol. The number of nitrogens with zero attached hydrogens (tertiary/aromatic N) is 2. The second-order valence-corrected chi connectivity index (χ2v) is 6.61. The Kier molecular flexibility index (Phi) is 4.22. The Balaban J connectivity index is 1.93. The average molecular weight is 283 g/mol. The van der Waals surface area contributed by atoms with Gasteiger partial charge >= 0.3 is 6.09 Å². The molecule has 1 heterocycles. The third-order valence-corrected chi connectivity index (χ3v) is 3.61. The standard InChI is InChI=1S/C14H25N3O3/c1-14(2,3)20-13(19)16-7-6-11(9-16)17(10-4-5-10)12(18)8-15/h10-11H,4-9,15H2,1-3H3. The second-order valence-electron chi connectivity index (χ2n) is 6.61. The number of amides is 2. The molecule has 1 saturated heterocycles. The fraction of sp³-hybridized carbons (Fsp3) is 0.857. The smallest absolute Gasteiger partial charge is 0.410 e. The fourth-order valence-corrected chi connectivity index (χ4v) is 2.62. The molecule has 1 atom stereocenters. The van der Waals surface area contributed by atoms with Crippen LogP contribution in [-0.4, -0.2) is 59.1 Å². The molecule has 2 rings (SSSR count). The number of hydrogen-bond acceptors (Lipinski definition) is 4. The van der Waals surface area contributed by atoms with E-state index in [4.69, 9.17) is 10.5 Å². The van der Waals surface area contributed by atoms with Crippen LogP contribution in [-0.2, 0) is 9.53 Å². The zero-order chi connectivity index (χ0) is 14.9. The molecule has 6 heteroatoms. The van der Waals surface area contributed by atoms with E-state index in [1.54, 1.807) is 4.90 Å². The minimum absolute atomic E-state index is 0.0106. The molecule has 0 aromatic rings. The first-order valence-corrected chi connectivity index (χ1v) is 7.31. The van der Waals surface area contributed by atoms with Gasteiger partial charge in [0.2, 0.25) is 5.91 Å². The summed E-state index contributed by atoms with van der Waals surface area (Å²) < 4.78 is 5.37. The average Bonchev–Trinajstić information content (AvgIpc) is 3.03. The van der Waals surface area contributed by atoms with E-state index < -0.39 is 5.60 Å². The Hall–Kier alpha value is -1.30. The molecule has 0 aromatic carbocycles. The highest BCUT2D eigenvalue weighted by Gasteiger charge is 2.41. The Morgan fingerprint density at radius 2 is 1.90 bits per heavy atom. The van der Waals surface area contributed by atoms with Crippen molar-refractivity contribution in [2.45, 2.75) is 57.7 Å². The van der Waals surface area contributed by atoms with Crippen molar-refractivity contribution < 1.29 is 14.3 Å². The quantitative estimate of drug-likeness (QED) is 0.836. The topological polar surface area (TPSA) is 75.9 Å². The van der Waals surface area contributed by atoms with Crippen molar-refractivity contribution in [2.24, 2.45) is 5.73 Å². The lowest BCUT2D eigenvalue weighted by Gasteiger charge is -2.29. The highest BCUT2D eigenvalue weighted by Crippen LogP contribution is 2.31. The summed E-state index contributed by atoms with van der Waals surface area (Å²) in [5.74, 6) is -0.0106. The normalized spacial score (nSPS) is 22.8. The molecule has 1 aliphatic heterocycles. The molecule has 2 amide bonds. The monoisotopic (exact) mass is 283 g/mol. The van der Waals surface area contributed by atoms with Crippen molar-refractivity contribution in [1.82, 2.24) is 9.80 Å². The number of carbonyl (C=O) groups excluding carboxylic acids is 2. The molecule has 20 heavy (non-hydrogen) atoms. The maximum atomic E-state index is 12.0. The lowest BCUT2D eigenvalue weighted by Crippen LogP contribution is -2.47. The summed E-state index contributed by atoms with van der Waals surface area (Å²) in [6.45, 7) is 6.80. The van der Waals surface area contributed by atoms with Crippen LogP contribution in [0.3, 0.4) is 0 Å². The first-order chi connectivity index (χ1) is 9.31. The molecule has 6 nitrogen and oxygen atoms in total. The van der Waals surface area contributed by atoms with Crippen LogP contribution in [0.15, 0.2) is 0 Å². The molecule has 2 N–H and O–H groups in total. The van der Waals surface area contributed by atoms with Gasteiger partial charge in [-0.1, -0.05) is 0 Å². The van der Waals surface area contributed by atoms with Crippen molar-refractivity contribution in [1.29, 1.82) is 0 Å². The lowest BCUT2D eigenvalue weighted by molar-refractivity contribution is -0.132. The fourth-order valence-electron chi connectivity index (χ4n) is 2.62. The SMILES string of the molecule is CC(C)(C)OC(=O)N1CCC(N(C(=O)CN)C2CC2)C1. The van der Waals surface area contributed by atoms with Crippen molar-refractivity contribution in [2.75, 3.05) is 19.6 Å². The van der Waals surface area contributed by atoms with E-state index in [1.807, 2.05) is 25.7 Å². The predicted octanol–water partition coefficient (Wildman–Crippen LogP) is 0.946. The van der Waals surface area contributed by atoms with Crippen LogP contribution in [0.1, 0.15) is 40.0 Å². The number of nitrogens with two attached hydrogens (primary N) is 1. The van der Waals surface area contributed by atoms with Gasteiger partial charge in [0.15, 0.2) is 0 Å². The molecule has 0 radical (unpaired) electrons. The van der Waals surface area contributed by atoms with E-state index in [2.05, 4.69) is 0 Å². The van der Waals surface area contributed by atoms with Crippen LogP contribution < -0.4 is 5.73 Å². The Morgan fingerprint density at radius 3 is 2.40 bits per heavy atom. The van der Waals surface area contributed by atoms with Crippen LogP contribution in [0.4, 0.5) is 4.79 Å². The second kappa shape index (κ2) is 5.60. The molecule has 2 aliphatic rings. The van der Waals surface area contributed by atoms with E-state index in [0.29, 0.717) is 19.1 Å². The van der Waals surface area contributed by atoms with Crippen molar-refractivity contribution in [3.63, 3.8) is 0 Å². The van der Waals surface area contributed by atoms with Crippen LogP contribution >= 0.6 is 0 Å². The molecular weight excluding hydrogens is 258 g/mol. The first kappa shape index (κ1) is 15.1. The molecule has 0 spiro atoms. The van der Waals surface area contributed by atoms with Gasteiger partial charge in [0, 0.05) is 19.1 Å². The van der Waals surface area contributed by atoms with E-state index in [0.717, 1.165) is 19.3 Å². The summed E-state index contributed by atoms with van der Waals surface area (Å²) in [6, 6.07) is 0.417. The molecular formula is C14H25N3O3. The molecule has 1 unspecified atom stereocenters. The van der Waals surface area contributed by atoms with Gasteiger partial charge in [-0.3, -0.25) is 4.79 Å². The van der Waals surface area contributed by atoms with Crippen LogP contribution in [0, 0.1) is 0 Å². The largest absolute Gasteiger partial charge is 0.444 e. The van der Waals surface area contributed by atoms with Gasteiger partial charge in [0.1, 0.15) is 5.60 Å². The van der Waals surface area contributed by atoms with Gasteiger partial charge in [-0.15, -0.1) is 0 Å². The highest BCUT2D eigenvalue weighted by atomic mass is 16.6. The summed E-state index contributed by atoms with van der Waals surface area (Å²) >= 11 is 0. The van der Waals surface area contributed by atoms with Crippen LogP contribution in [0.25, 0.3) is 0 Å². The number of carbonyl (C=O) groups is 2. The summed E-state index contributed by atoms with van der Waals surface area (Å²) in [7, 11) is 0. The number of likely N-dealkylation sites (tertiary alicyclic amines) is 1. The lowest BCUT2D eigenvalue weighted by atomic mass is 10.2. The molecule has 2 fully saturated rings. The summed E-state index contributed by atoms with van der Waals surface area (Å²) in [5, 5.41) is 0. The van der Waals surface area contributed by atoms with E-state index >= 15 is 0 Å². The van der Waals surface area contributed by atoms with E-state index in [-0.39, 0.29) is 24.6 Å². The minimum Gasteiger partial charge on any atom is -0.444 e. The van der Waals surface area contributed by atoms with Gasteiger partial charge in [0.05, 0.1) is 12.6 Å². The number of hydrogen-bond donors (Lipinski definition) is 1. The van der Waals surface area contributed by atoms with Gasteiger partial charge in [-0.2, -0.15) is 0 Å². The Bertz CT molecular complexity index is 388. The van der Waals surface area contributed by atoms with Crippen molar-refractivity contribution in [3.05, 3.63) is 0 Å². The van der Waals surface area contributed by atoms with E-state index in [9.17, 15) is 9.59 Å². The van der Waals surface area contributed by atoms with Gasteiger partial charge < -0.3 is 20.3 Å². The maximum Gasteiger partial charge on any atom is 0.410 e. The summed E-state index contributed by atoms with van der Waals surface area (Å²) in [5.41, 5.74) is 5.00. The minimum atomic E-state index is -0.488. The third-order valence-electron chi connectivity index (χ3n) is 3.61. The number of ether oxygens (including phenoxy) is 1. The van der Waals surface area contributed by atoms with Crippen molar-refractivity contribution in [3.8, 4) is 0 Å². The first-order valence-electron chi connectivity index (χ1n) is 7.31. The maximum absolute atomic E-state index is 12.0. The van der Waals surface area contributed by atoms with Gasteiger partial charge in [-0.25, -0.2) is 4.79 Å². The zero-order valence-electron chi connectivity index (χ0n) is 12.6. The summed E-state index contributed by atoms with van der Waals surface area (Å²) in [4.78, 5) is 27.6. The summed E-state index contributed by atoms with van der Waals surface area (Å²) in [6.07, 6.45) is 2.61. The molecule has 1 aliphatic carbocycles. The molecule has 114 valence electrons. The Morgan fingerprint density at radius 1 is 1.25 bits per heavy atom. The molecule has 1 saturated carbocycles. The highest BCUT2D eigenvalue weighted by molar-refractivity contribution is 5.79. The molecule has 0 aromatic heterocycles. The van der Waals surface area contributed by atoms with Gasteiger partial charge in [-0.05, 0) is 40.0 Å². The zero-order valence-corrected chi connectivity index (χ0v) is 12.6. The van der Waals surface area contributed by atoms with E-state index in [1.165, 1.54) is 0 Å². The van der Waals surface area contributed by atoms with Crippen LogP contribution in [0.2, 0.25) is 0 Å². The van der Waals surface area contributed by atoms with Crippen molar-refractivity contribution >= 4 is 12.0 Å². The number of rotatable bonds is 3. The van der Waals surface area contributed by atoms with Gasteiger partial charge in [0.25, 0.3) is 0 Å². The molecule has 0 bridgehead atoms. The Labute approximate surface area is 120 Å².